The van der Waals surface area contributed by atoms with Gasteiger partial charge in [0.15, 0.2) is 5.78 Å². The first-order valence-corrected chi connectivity index (χ1v) is 6.86. The minimum absolute atomic E-state index is 0.176. The Hall–Kier alpha value is -2.16. The Labute approximate surface area is 117 Å². The molecule has 3 rings (SSSR count). The van der Waals surface area contributed by atoms with Crippen LogP contribution in [0.4, 0.5) is 10.1 Å². The number of ketones is 1. The molecule has 2 nitrogen and oxygen atoms in total. The number of benzene rings is 2. The zero-order chi connectivity index (χ0) is 14.1. The van der Waals surface area contributed by atoms with Crippen LogP contribution in [-0.2, 0) is 12.8 Å². The third kappa shape index (κ3) is 2.44. The molecule has 0 fully saturated rings. The van der Waals surface area contributed by atoms with E-state index in [9.17, 15) is 9.18 Å². The van der Waals surface area contributed by atoms with E-state index in [1.807, 2.05) is 18.2 Å². The molecule has 0 amide bonds. The van der Waals surface area contributed by atoms with E-state index in [4.69, 9.17) is 5.73 Å². The number of nitrogens with two attached hydrogens (primary N) is 1. The third-order valence-corrected chi connectivity index (χ3v) is 3.79. The fraction of sp³-hybridized carbons (Fsp3) is 0.235. The van der Waals surface area contributed by atoms with Crippen LogP contribution in [0.15, 0.2) is 36.4 Å². The molecule has 0 saturated heterocycles. The zero-order valence-electron chi connectivity index (χ0n) is 11.2. The van der Waals surface area contributed by atoms with Gasteiger partial charge in [-0.1, -0.05) is 12.1 Å². The smallest absolute Gasteiger partial charge is 0.193 e. The molecule has 0 radical (unpaired) electrons. The molecule has 102 valence electrons. The highest BCUT2D eigenvalue weighted by Gasteiger charge is 2.15. The number of halogens is 1. The van der Waals surface area contributed by atoms with Crippen LogP contribution in [0.25, 0.3) is 0 Å². The van der Waals surface area contributed by atoms with Crippen LogP contribution in [0, 0.1) is 5.82 Å². The average molecular weight is 269 g/mol. The Balaban J connectivity index is 1.97. The summed E-state index contributed by atoms with van der Waals surface area (Å²) in [5.74, 6) is -0.657. The highest BCUT2D eigenvalue weighted by atomic mass is 19.1. The van der Waals surface area contributed by atoms with E-state index in [1.165, 1.54) is 35.7 Å². The summed E-state index contributed by atoms with van der Waals surface area (Å²) in [6, 6.07) is 9.75. The summed E-state index contributed by atoms with van der Waals surface area (Å²) in [5.41, 5.74) is 9.34. The van der Waals surface area contributed by atoms with Crippen LogP contribution in [0.3, 0.4) is 0 Å². The fourth-order valence-corrected chi connectivity index (χ4v) is 2.78. The molecule has 1 aliphatic rings. The lowest BCUT2D eigenvalue weighted by Gasteiger charge is -2.16. The van der Waals surface area contributed by atoms with Crippen molar-refractivity contribution >= 4 is 11.5 Å². The van der Waals surface area contributed by atoms with Crippen molar-refractivity contribution in [2.45, 2.75) is 25.7 Å². The minimum atomic E-state index is -0.480. The van der Waals surface area contributed by atoms with E-state index in [1.54, 1.807) is 0 Å². The number of carbonyl (C=O) groups excluding carboxylic acids is 1. The van der Waals surface area contributed by atoms with Crippen molar-refractivity contribution in [3.63, 3.8) is 0 Å². The number of nitrogen functional groups attached to an aromatic ring is 1. The van der Waals surface area contributed by atoms with Crippen molar-refractivity contribution in [1.82, 2.24) is 0 Å². The van der Waals surface area contributed by atoms with Crippen LogP contribution in [0.5, 0.6) is 0 Å². The molecule has 0 atom stereocenters. The predicted octanol–water partition coefficient (Wildman–Crippen LogP) is 3.52. The number of rotatable bonds is 2. The number of hydrogen-bond donors (Lipinski definition) is 1. The van der Waals surface area contributed by atoms with Gasteiger partial charge in [0.2, 0.25) is 0 Å². The lowest BCUT2D eigenvalue weighted by atomic mass is 9.89. The van der Waals surface area contributed by atoms with Gasteiger partial charge in [0.25, 0.3) is 0 Å². The minimum Gasteiger partial charge on any atom is -0.399 e. The van der Waals surface area contributed by atoms with Gasteiger partial charge in [-0.3, -0.25) is 4.79 Å². The summed E-state index contributed by atoms with van der Waals surface area (Å²) >= 11 is 0. The maximum absolute atomic E-state index is 13.3. The molecule has 2 aromatic rings. The Kier molecular flexibility index (Phi) is 3.26. The van der Waals surface area contributed by atoms with Crippen molar-refractivity contribution in [3.05, 3.63) is 64.5 Å². The first-order valence-electron chi connectivity index (χ1n) is 6.86. The average Bonchev–Trinajstić information content (AvgIpc) is 2.45. The van der Waals surface area contributed by atoms with Crippen LogP contribution in [-0.4, -0.2) is 5.78 Å². The van der Waals surface area contributed by atoms with Gasteiger partial charge in [-0.05, 0) is 61.1 Å². The number of fused-ring (bicyclic) bond motifs is 1. The normalized spacial score (nSPS) is 13.8. The lowest BCUT2D eigenvalue weighted by molar-refractivity contribution is 0.103. The fourth-order valence-electron chi connectivity index (χ4n) is 2.78. The van der Waals surface area contributed by atoms with E-state index in [-0.39, 0.29) is 11.5 Å². The largest absolute Gasteiger partial charge is 0.399 e. The van der Waals surface area contributed by atoms with Crippen molar-refractivity contribution in [2.24, 2.45) is 0 Å². The second kappa shape index (κ2) is 5.08. The SMILES string of the molecule is Nc1cc(F)cc(C(=O)c2ccc3c(c2)CCCC3)c1. The van der Waals surface area contributed by atoms with Crippen LogP contribution in [0.1, 0.15) is 39.9 Å². The number of aryl methyl sites for hydroxylation is 2. The summed E-state index contributed by atoms with van der Waals surface area (Å²) in [5, 5.41) is 0. The standard InChI is InChI=1S/C17H16FNO/c18-15-8-14(9-16(19)10-15)17(20)13-6-5-11-3-1-2-4-12(11)7-13/h5-10H,1-4,19H2. The predicted molar refractivity (Wildman–Crippen MR) is 77.3 cm³/mol. The van der Waals surface area contributed by atoms with E-state index in [0.29, 0.717) is 11.1 Å². The highest BCUT2D eigenvalue weighted by Crippen LogP contribution is 2.24. The van der Waals surface area contributed by atoms with Gasteiger partial charge in [-0.25, -0.2) is 4.39 Å². The van der Waals surface area contributed by atoms with Gasteiger partial charge in [0, 0.05) is 16.8 Å². The molecule has 0 bridgehead atoms. The maximum atomic E-state index is 13.3. The van der Waals surface area contributed by atoms with Gasteiger partial charge in [-0.15, -0.1) is 0 Å². The number of anilines is 1. The summed E-state index contributed by atoms with van der Waals surface area (Å²) in [4.78, 5) is 12.4. The van der Waals surface area contributed by atoms with Crippen molar-refractivity contribution < 1.29 is 9.18 Å². The molecule has 1 aliphatic carbocycles. The van der Waals surface area contributed by atoms with Crippen molar-refractivity contribution in [1.29, 1.82) is 0 Å². The Morgan fingerprint density at radius 2 is 1.70 bits per heavy atom. The summed E-state index contributed by atoms with van der Waals surface area (Å²) < 4.78 is 13.3. The second-order valence-corrected chi connectivity index (χ2v) is 5.29. The molecule has 2 aromatic carbocycles. The molecule has 0 saturated carbocycles. The molecule has 0 aromatic heterocycles. The van der Waals surface area contributed by atoms with Crippen molar-refractivity contribution in [2.75, 3.05) is 5.73 Å². The molecular formula is C17H16FNO. The van der Waals surface area contributed by atoms with Crippen molar-refractivity contribution in [3.8, 4) is 0 Å². The lowest BCUT2D eigenvalue weighted by Crippen LogP contribution is -2.07. The summed E-state index contributed by atoms with van der Waals surface area (Å²) in [6.07, 6.45) is 4.47. The van der Waals surface area contributed by atoms with Gasteiger partial charge in [-0.2, -0.15) is 0 Å². The first-order chi connectivity index (χ1) is 9.63. The Bertz CT molecular complexity index is 658. The first kappa shape index (κ1) is 12.9. The molecule has 0 heterocycles. The quantitative estimate of drug-likeness (QED) is 0.669. The molecule has 0 unspecified atom stereocenters. The van der Waals surface area contributed by atoms with E-state index in [2.05, 4.69) is 0 Å². The van der Waals surface area contributed by atoms with Gasteiger partial charge < -0.3 is 5.73 Å². The highest BCUT2D eigenvalue weighted by molar-refractivity contribution is 6.09. The van der Waals surface area contributed by atoms with E-state index >= 15 is 0 Å². The number of hydrogen-bond acceptors (Lipinski definition) is 2. The van der Waals surface area contributed by atoms with Gasteiger partial charge in [0.05, 0.1) is 0 Å². The third-order valence-electron chi connectivity index (χ3n) is 3.79. The van der Waals surface area contributed by atoms with Crippen LogP contribution < -0.4 is 5.73 Å². The summed E-state index contributed by atoms with van der Waals surface area (Å²) in [6.45, 7) is 0. The second-order valence-electron chi connectivity index (χ2n) is 5.29. The molecule has 2 N–H and O–H groups in total. The van der Waals surface area contributed by atoms with Crippen LogP contribution in [0.2, 0.25) is 0 Å². The zero-order valence-corrected chi connectivity index (χ0v) is 11.2. The summed E-state index contributed by atoms with van der Waals surface area (Å²) in [7, 11) is 0. The maximum Gasteiger partial charge on any atom is 0.193 e. The Morgan fingerprint density at radius 1 is 0.950 bits per heavy atom. The monoisotopic (exact) mass is 269 g/mol. The molecular weight excluding hydrogens is 253 g/mol. The van der Waals surface area contributed by atoms with Gasteiger partial charge in [0.1, 0.15) is 5.82 Å². The molecule has 0 spiro atoms. The molecule has 0 aliphatic heterocycles. The van der Waals surface area contributed by atoms with Gasteiger partial charge >= 0.3 is 0 Å². The molecule has 20 heavy (non-hydrogen) atoms. The Morgan fingerprint density at radius 3 is 2.45 bits per heavy atom. The van der Waals surface area contributed by atoms with E-state index in [0.717, 1.165) is 19.3 Å². The molecule has 3 heteroatoms. The number of carbonyl (C=O) groups is 1. The van der Waals surface area contributed by atoms with Crippen LogP contribution >= 0.6 is 0 Å². The van der Waals surface area contributed by atoms with E-state index < -0.39 is 5.82 Å². The topological polar surface area (TPSA) is 43.1 Å².